The molecule has 0 fully saturated rings. The van der Waals surface area contributed by atoms with Crippen LogP contribution in [0.2, 0.25) is 0 Å². The quantitative estimate of drug-likeness (QED) is 0.709. The van der Waals surface area contributed by atoms with Crippen LogP contribution >= 0.6 is 15.9 Å². The Morgan fingerprint density at radius 1 is 1.73 bits per heavy atom. The van der Waals surface area contributed by atoms with Crippen molar-refractivity contribution in [3.63, 3.8) is 0 Å². The molecule has 0 saturated heterocycles. The Kier molecular flexibility index (Phi) is 3.12. The van der Waals surface area contributed by atoms with E-state index in [0.29, 0.717) is 4.83 Å². The molecule has 2 nitrogen and oxygen atoms in total. The molecule has 0 aliphatic carbocycles. The summed E-state index contributed by atoms with van der Waals surface area (Å²) in [5, 5.41) is 0. The maximum Gasteiger partial charge on any atom is 0.109 e. The molecule has 0 amide bonds. The second-order valence-corrected chi connectivity index (χ2v) is 3.96. The fourth-order valence-corrected chi connectivity index (χ4v) is 1.23. The number of aromatic nitrogens is 2. The standard InChI is InChI=1S/C8H13BrN2/c1-3-7(9)6-8-10-4-5-11(8)2/h4-5,7H,3,6H2,1-2H3. The van der Waals surface area contributed by atoms with E-state index in [0.717, 1.165) is 18.7 Å². The van der Waals surface area contributed by atoms with E-state index in [1.807, 2.05) is 19.4 Å². The third-order valence-electron chi connectivity index (χ3n) is 1.77. The lowest BCUT2D eigenvalue weighted by Gasteiger charge is -2.05. The lowest BCUT2D eigenvalue weighted by atomic mass is 10.2. The molecule has 3 heteroatoms. The summed E-state index contributed by atoms with van der Waals surface area (Å²) in [6.07, 6.45) is 5.97. The highest BCUT2D eigenvalue weighted by Gasteiger charge is 2.05. The van der Waals surface area contributed by atoms with Crippen molar-refractivity contribution >= 4 is 15.9 Å². The van der Waals surface area contributed by atoms with Gasteiger partial charge in [0, 0.05) is 30.7 Å². The van der Waals surface area contributed by atoms with Crippen molar-refractivity contribution in [2.24, 2.45) is 7.05 Å². The number of hydrogen-bond acceptors (Lipinski definition) is 1. The maximum atomic E-state index is 4.24. The smallest absolute Gasteiger partial charge is 0.109 e. The van der Waals surface area contributed by atoms with Crippen molar-refractivity contribution in [2.45, 2.75) is 24.6 Å². The summed E-state index contributed by atoms with van der Waals surface area (Å²) in [7, 11) is 2.03. The van der Waals surface area contributed by atoms with Gasteiger partial charge in [0.2, 0.25) is 0 Å². The molecule has 0 saturated carbocycles. The highest BCUT2D eigenvalue weighted by atomic mass is 79.9. The number of nitrogens with zero attached hydrogens (tertiary/aromatic N) is 2. The normalized spacial score (nSPS) is 13.4. The van der Waals surface area contributed by atoms with Gasteiger partial charge < -0.3 is 4.57 Å². The molecule has 62 valence electrons. The molecular formula is C8H13BrN2. The molecule has 0 radical (unpaired) electrons. The molecule has 1 heterocycles. The van der Waals surface area contributed by atoms with Gasteiger partial charge in [0.25, 0.3) is 0 Å². The van der Waals surface area contributed by atoms with E-state index in [-0.39, 0.29) is 0 Å². The van der Waals surface area contributed by atoms with Crippen molar-refractivity contribution in [3.8, 4) is 0 Å². The van der Waals surface area contributed by atoms with Crippen LogP contribution in [0.3, 0.4) is 0 Å². The minimum Gasteiger partial charge on any atom is -0.338 e. The highest BCUT2D eigenvalue weighted by Crippen LogP contribution is 2.10. The van der Waals surface area contributed by atoms with E-state index in [9.17, 15) is 0 Å². The molecule has 11 heavy (non-hydrogen) atoms. The summed E-state index contributed by atoms with van der Waals surface area (Å²) < 4.78 is 2.06. The molecular weight excluding hydrogens is 204 g/mol. The van der Waals surface area contributed by atoms with Gasteiger partial charge in [-0.3, -0.25) is 0 Å². The van der Waals surface area contributed by atoms with Crippen molar-refractivity contribution in [1.82, 2.24) is 9.55 Å². The predicted octanol–water partition coefficient (Wildman–Crippen LogP) is 2.14. The molecule has 0 bridgehead atoms. The molecule has 0 aromatic carbocycles. The van der Waals surface area contributed by atoms with E-state index >= 15 is 0 Å². The Bertz CT molecular complexity index is 220. The molecule has 0 N–H and O–H groups in total. The van der Waals surface area contributed by atoms with Gasteiger partial charge in [0.1, 0.15) is 5.82 Å². The molecule has 1 aromatic rings. The fraction of sp³-hybridized carbons (Fsp3) is 0.625. The lowest BCUT2D eigenvalue weighted by molar-refractivity contribution is 0.732. The van der Waals surface area contributed by atoms with Crippen molar-refractivity contribution in [2.75, 3.05) is 0 Å². The predicted molar refractivity (Wildman–Crippen MR) is 49.9 cm³/mol. The first-order chi connectivity index (χ1) is 5.24. The lowest BCUT2D eigenvalue weighted by Crippen LogP contribution is -2.06. The molecule has 1 unspecified atom stereocenters. The average molecular weight is 217 g/mol. The number of alkyl halides is 1. The molecule has 1 aromatic heterocycles. The molecule has 0 spiro atoms. The van der Waals surface area contributed by atoms with Crippen LogP contribution in [0.5, 0.6) is 0 Å². The Morgan fingerprint density at radius 2 is 2.45 bits per heavy atom. The van der Waals surface area contributed by atoms with Gasteiger partial charge in [-0.15, -0.1) is 0 Å². The van der Waals surface area contributed by atoms with Crippen molar-refractivity contribution in [1.29, 1.82) is 0 Å². The van der Waals surface area contributed by atoms with Crippen LogP contribution in [0.25, 0.3) is 0 Å². The largest absolute Gasteiger partial charge is 0.338 e. The van der Waals surface area contributed by atoms with Crippen LogP contribution in [0.15, 0.2) is 12.4 Å². The maximum absolute atomic E-state index is 4.24. The van der Waals surface area contributed by atoms with E-state index < -0.39 is 0 Å². The van der Waals surface area contributed by atoms with E-state index in [1.54, 1.807) is 0 Å². The summed E-state index contributed by atoms with van der Waals surface area (Å²) >= 11 is 3.58. The van der Waals surface area contributed by atoms with Crippen LogP contribution in [0.1, 0.15) is 19.2 Å². The monoisotopic (exact) mass is 216 g/mol. The summed E-state index contributed by atoms with van der Waals surface area (Å²) in [6.45, 7) is 2.17. The molecule has 1 atom stereocenters. The molecule has 0 aliphatic rings. The van der Waals surface area contributed by atoms with Gasteiger partial charge in [-0.1, -0.05) is 22.9 Å². The Morgan fingerprint density at radius 3 is 2.91 bits per heavy atom. The number of aryl methyl sites for hydroxylation is 1. The fourth-order valence-electron chi connectivity index (χ4n) is 0.936. The van der Waals surface area contributed by atoms with Crippen LogP contribution in [0, 0.1) is 0 Å². The summed E-state index contributed by atoms with van der Waals surface area (Å²) in [4.78, 5) is 4.80. The van der Waals surface area contributed by atoms with Gasteiger partial charge in [0.05, 0.1) is 0 Å². The molecule has 0 aliphatic heterocycles. The highest BCUT2D eigenvalue weighted by molar-refractivity contribution is 9.09. The first-order valence-corrected chi connectivity index (χ1v) is 4.76. The van der Waals surface area contributed by atoms with E-state index in [2.05, 4.69) is 32.4 Å². The number of rotatable bonds is 3. The minimum absolute atomic E-state index is 0.559. The van der Waals surface area contributed by atoms with Crippen molar-refractivity contribution in [3.05, 3.63) is 18.2 Å². The topological polar surface area (TPSA) is 17.8 Å². The summed E-state index contributed by atoms with van der Waals surface area (Å²) in [5.41, 5.74) is 0. The van der Waals surface area contributed by atoms with Gasteiger partial charge in [-0.25, -0.2) is 4.98 Å². The first-order valence-electron chi connectivity index (χ1n) is 3.84. The Hall–Kier alpha value is -0.310. The SMILES string of the molecule is CCC(Br)Cc1nccn1C. The van der Waals surface area contributed by atoms with Crippen LogP contribution in [-0.4, -0.2) is 14.4 Å². The number of halogens is 1. The second-order valence-electron chi connectivity index (χ2n) is 2.66. The number of hydrogen-bond donors (Lipinski definition) is 0. The zero-order valence-corrected chi connectivity index (χ0v) is 8.50. The van der Waals surface area contributed by atoms with E-state index in [4.69, 9.17) is 0 Å². The van der Waals surface area contributed by atoms with E-state index in [1.165, 1.54) is 0 Å². The second kappa shape index (κ2) is 3.90. The number of imidazole rings is 1. The average Bonchev–Trinajstić information content (AvgIpc) is 2.37. The third-order valence-corrected chi connectivity index (χ3v) is 2.74. The minimum atomic E-state index is 0.559. The Labute approximate surface area is 75.8 Å². The van der Waals surface area contributed by atoms with Crippen LogP contribution < -0.4 is 0 Å². The summed E-state index contributed by atoms with van der Waals surface area (Å²) in [5.74, 6) is 1.15. The van der Waals surface area contributed by atoms with Gasteiger partial charge in [-0.05, 0) is 6.42 Å². The van der Waals surface area contributed by atoms with Crippen LogP contribution in [0.4, 0.5) is 0 Å². The molecule has 1 rings (SSSR count). The first kappa shape index (κ1) is 8.78. The van der Waals surface area contributed by atoms with Crippen molar-refractivity contribution < 1.29 is 0 Å². The van der Waals surface area contributed by atoms with Crippen LogP contribution in [-0.2, 0) is 13.5 Å². The zero-order valence-electron chi connectivity index (χ0n) is 6.92. The van der Waals surface area contributed by atoms with Gasteiger partial charge in [-0.2, -0.15) is 0 Å². The third kappa shape index (κ3) is 2.33. The Balaban J connectivity index is 2.56. The van der Waals surface area contributed by atoms with Gasteiger partial charge in [0.15, 0.2) is 0 Å². The van der Waals surface area contributed by atoms with Gasteiger partial charge >= 0.3 is 0 Å². The summed E-state index contributed by atoms with van der Waals surface area (Å²) in [6, 6.07) is 0. The zero-order chi connectivity index (χ0) is 8.27.